The van der Waals surface area contributed by atoms with Gasteiger partial charge in [-0.2, -0.15) is 5.10 Å². The molecule has 1 aromatic heterocycles. The van der Waals surface area contributed by atoms with Crippen molar-refractivity contribution in [3.05, 3.63) is 46.2 Å². The Kier molecular flexibility index (Phi) is 4.56. The summed E-state index contributed by atoms with van der Waals surface area (Å²) in [4.78, 5) is 25.1. The van der Waals surface area contributed by atoms with Gasteiger partial charge in [-0.15, -0.1) is 0 Å². The monoisotopic (exact) mass is 346 g/mol. The molecule has 2 unspecified atom stereocenters. The van der Waals surface area contributed by atoms with Crippen LogP contribution in [-0.2, 0) is 9.59 Å². The molecule has 2 atom stereocenters. The fraction of sp³-hybridized carbons (Fsp3) is 0.389. The Balaban J connectivity index is 2.00. The zero-order chi connectivity index (χ0) is 17.4. The normalized spacial score (nSPS) is 20.8. The number of halogens is 1. The van der Waals surface area contributed by atoms with Gasteiger partial charge in [-0.05, 0) is 42.7 Å². The standard InChI is InChI=1S/C18H20ClN3O2/c1-10-5-14(22-9-13(19)8-21-22)6-11(2)16(10)17-15(23)7-12(3-4-20)18(17)24/h5-6,8-9,12,17H,3-4,7,20H2,1-2H3/p+1. The number of Topliss-reactive ketones (excluding diaryl/α,β-unsaturated/α-hetero) is 2. The highest BCUT2D eigenvalue weighted by Crippen LogP contribution is 2.37. The second-order valence-electron chi connectivity index (χ2n) is 6.44. The number of carbonyl (C=O) groups excluding carboxylic acids is 2. The molecule has 0 amide bonds. The van der Waals surface area contributed by atoms with Crippen molar-refractivity contribution in [2.45, 2.75) is 32.6 Å². The van der Waals surface area contributed by atoms with Crippen molar-refractivity contribution in [1.82, 2.24) is 9.78 Å². The van der Waals surface area contributed by atoms with Gasteiger partial charge in [0.2, 0.25) is 0 Å². The molecule has 0 radical (unpaired) electrons. The molecule has 1 heterocycles. The Labute approximate surface area is 145 Å². The molecular weight excluding hydrogens is 326 g/mol. The lowest BCUT2D eigenvalue weighted by molar-refractivity contribution is -0.369. The molecule has 0 saturated heterocycles. The highest BCUT2D eigenvalue weighted by atomic mass is 35.5. The van der Waals surface area contributed by atoms with Gasteiger partial charge in [0.1, 0.15) is 11.7 Å². The fourth-order valence-corrected chi connectivity index (χ4v) is 3.77. The number of ketones is 2. The number of benzene rings is 1. The summed E-state index contributed by atoms with van der Waals surface area (Å²) in [6.07, 6.45) is 4.33. The average molecular weight is 347 g/mol. The van der Waals surface area contributed by atoms with Crippen LogP contribution in [0.2, 0.25) is 5.02 Å². The molecule has 1 aliphatic carbocycles. The van der Waals surface area contributed by atoms with Crippen molar-refractivity contribution in [1.29, 1.82) is 0 Å². The van der Waals surface area contributed by atoms with E-state index in [0.29, 0.717) is 24.4 Å². The highest BCUT2D eigenvalue weighted by Gasteiger charge is 2.42. The van der Waals surface area contributed by atoms with E-state index in [0.717, 1.165) is 22.4 Å². The van der Waals surface area contributed by atoms with Crippen LogP contribution in [-0.4, -0.2) is 27.9 Å². The second-order valence-corrected chi connectivity index (χ2v) is 6.88. The topological polar surface area (TPSA) is 79.6 Å². The van der Waals surface area contributed by atoms with E-state index in [4.69, 9.17) is 11.6 Å². The summed E-state index contributed by atoms with van der Waals surface area (Å²) in [5, 5.41) is 4.77. The van der Waals surface area contributed by atoms with E-state index in [1.54, 1.807) is 17.1 Å². The minimum Gasteiger partial charge on any atom is -0.358 e. The molecule has 0 spiro atoms. The van der Waals surface area contributed by atoms with Crippen LogP contribution in [0.5, 0.6) is 0 Å². The predicted octanol–water partition coefficient (Wildman–Crippen LogP) is 2.02. The maximum absolute atomic E-state index is 12.7. The maximum Gasteiger partial charge on any atom is 0.151 e. The fourth-order valence-electron chi connectivity index (χ4n) is 3.63. The van der Waals surface area contributed by atoms with E-state index in [2.05, 4.69) is 10.8 Å². The molecule has 3 rings (SSSR count). The summed E-state index contributed by atoms with van der Waals surface area (Å²) in [5.41, 5.74) is 7.38. The first-order valence-corrected chi connectivity index (χ1v) is 8.47. The van der Waals surface area contributed by atoms with E-state index in [9.17, 15) is 9.59 Å². The lowest BCUT2D eigenvalue weighted by atomic mass is 9.87. The number of hydrogen-bond donors (Lipinski definition) is 1. The molecule has 6 heteroatoms. The summed E-state index contributed by atoms with van der Waals surface area (Å²) in [6.45, 7) is 4.55. The van der Waals surface area contributed by atoms with Gasteiger partial charge in [0.05, 0.1) is 23.5 Å². The predicted molar refractivity (Wildman–Crippen MR) is 91.3 cm³/mol. The number of nitrogens with zero attached hydrogens (tertiary/aromatic N) is 2. The van der Waals surface area contributed by atoms with Gasteiger partial charge in [-0.1, -0.05) is 11.6 Å². The number of aromatic nitrogens is 2. The Hall–Kier alpha value is -1.98. The van der Waals surface area contributed by atoms with Crippen molar-refractivity contribution in [3.8, 4) is 5.69 Å². The third kappa shape index (κ3) is 2.89. The quantitative estimate of drug-likeness (QED) is 0.860. The van der Waals surface area contributed by atoms with Gasteiger partial charge >= 0.3 is 0 Å². The van der Waals surface area contributed by atoms with Gasteiger partial charge in [-0.25, -0.2) is 4.68 Å². The largest absolute Gasteiger partial charge is 0.358 e. The Bertz CT molecular complexity index is 789. The van der Waals surface area contributed by atoms with Crippen LogP contribution in [0.25, 0.3) is 5.69 Å². The number of rotatable bonds is 4. The smallest absolute Gasteiger partial charge is 0.151 e. The lowest BCUT2D eigenvalue weighted by Crippen LogP contribution is -2.51. The molecule has 1 aliphatic rings. The minimum atomic E-state index is -0.628. The van der Waals surface area contributed by atoms with Crippen molar-refractivity contribution >= 4 is 23.2 Å². The molecular formula is C18H21ClN3O2+. The first-order chi connectivity index (χ1) is 11.4. The summed E-state index contributed by atoms with van der Waals surface area (Å²) in [7, 11) is 0. The van der Waals surface area contributed by atoms with Gasteiger partial charge < -0.3 is 5.73 Å². The summed E-state index contributed by atoms with van der Waals surface area (Å²) in [6, 6.07) is 3.89. The molecule has 2 aromatic rings. The third-order valence-electron chi connectivity index (χ3n) is 4.69. The molecule has 1 saturated carbocycles. The SMILES string of the molecule is Cc1cc(-n2cc(Cl)cn2)cc(C)c1C1C(=O)CC(CC[NH3+])C1=O. The van der Waals surface area contributed by atoms with Crippen molar-refractivity contribution in [3.63, 3.8) is 0 Å². The second kappa shape index (κ2) is 6.49. The number of hydrogen-bond acceptors (Lipinski definition) is 3. The Morgan fingerprint density at radius 2 is 1.96 bits per heavy atom. The average Bonchev–Trinajstić information content (AvgIpc) is 3.06. The van der Waals surface area contributed by atoms with E-state index in [-0.39, 0.29) is 17.5 Å². The molecule has 126 valence electrons. The van der Waals surface area contributed by atoms with Crippen molar-refractivity contribution < 1.29 is 15.3 Å². The van der Waals surface area contributed by atoms with Gasteiger partial charge in [0.15, 0.2) is 5.78 Å². The van der Waals surface area contributed by atoms with Crippen LogP contribution in [0.3, 0.4) is 0 Å². The molecule has 5 nitrogen and oxygen atoms in total. The van der Waals surface area contributed by atoms with Crippen LogP contribution >= 0.6 is 11.6 Å². The van der Waals surface area contributed by atoms with Crippen molar-refractivity contribution in [2.75, 3.05) is 6.54 Å². The maximum atomic E-state index is 12.7. The zero-order valence-electron chi connectivity index (χ0n) is 13.9. The van der Waals surface area contributed by atoms with E-state index >= 15 is 0 Å². The van der Waals surface area contributed by atoms with Crippen LogP contribution < -0.4 is 5.73 Å². The van der Waals surface area contributed by atoms with Gasteiger partial charge in [0.25, 0.3) is 0 Å². The minimum absolute atomic E-state index is 0.0273. The molecule has 0 bridgehead atoms. The van der Waals surface area contributed by atoms with Gasteiger partial charge in [0, 0.05) is 25.0 Å². The molecule has 24 heavy (non-hydrogen) atoms. The number of aryl methyl sites for hydroxylation is 2. The number of quaternary nitrogens is 1. The number of carbonyl (C=O) groups is 2. The summed E-state index contributed by atoms with van der Waals surface area (Å²) >= 11 is 5.93. The highest BCUT2D eigenvalue weighted by molar-refractivity contribution is 6.30. The Morgan fingerprint density at radius 3 is 2.50 bits per heavy atom. The van der Waals surface area contributed by atoms with Crippen LogP contribution in [0.4, 0.5) is 0 Å². The summed E-state index contributed by atoms with van der Waals surface area (Å²) in [5.74, 6) is -0.732. The molecule has 1 fully saturated rings. The van der Waals surface area contributed by atoms with Crippen LogP contribution in [0.15, 0.2) is 24.5 Å². The van der Waals surface area contributed by atoms with Crippen LogP contribution in [0.1, 0.15) is 35.4 Å². The van der Waals surface area contributed by atoms with E-state index in [1.165, 1.54) is 0 Å². The lowest BCUT2D eigenvalue weighted by Gasteiger charge is -2.17. The third-order valence-corrected chi connectivity index (χ3v) is 4.89. The molecule has 3 N–H and O–H groups in total. The van der Waals surface area contributed by atoms with E-state index in [1.807, 2.05) is 26.0 Å². The van der Waals surface area contributed by atoms with Crippen molar-refractivity contribution in [2.24, 2.45) is 5.92 Å². The molecule has 1 aromatic carbocycles. The van der Waals surface area contributed by atoms with Gasteiger partial charge in [-0.3, -0.25) is 9.59 Å². The summed E-state index contributed by atoms with van der Waals surface area (Å²) < 4.78 is 1.69. The Morgan fingerprint density at radius 1 is 1.29 bits per heavy atom. The first kappa shape index (κ1) is 16.9. The zero-order valence-corrected chi connectivity index (χ0v) is 14.6. The van der Waals surface area contributed by atoms with Crippen LogP contribution in [0, 0.1) is 19.8 Å². The van der Waals surface area contributed by atoms with E-state index < -0.39 is 5.92 Å². The molecule has 0 aliphatic heterocycles. The first-order valence-electron chi connectivity index (χ1n) is 8.09.